The van der Waals surface area contributed by atoms with E-state index in [0.29, 0.717) is 5.56 Å². The number of halogens is 4. The molecule has 0 atom stereocenters. The average Bonchev–Trinajstić information content (AvgIpc) is 2.16. The van der Waals surface area contributed by atoms with Crippen LogP contribution < -0.4 is 5.32 Å². The minimum absolute atomic E-state index is 0.0763. The molecular formula is C10H12ClF3N2. The predicted molar refractivity (Wildman–Crippen MR) is 56.3 cm³/mol. The predicted octanol–water partition coefficient (Wildman–Crippen LogP) is 3.21. The SMILES string of the molecule is CNC(C)(C)c1cc(C(F)(F)F)cnc1Cl. The van der Waals surface area contributed by atoms with Gasteiger partial charge in [-0.1, -0.05) is 11.6 Å². The molecule has 0 unspecified atom stereocenters. The summed E-state index contributed by atoms with van der Waals surface area (Å²) in [5.41, 5.74) is -1.13. The molecular weight excluding hydrogens is 241 g/mol. The quantitative estimate of drug-likeness (QED) is 0.818. The topological polar surface area (TPSA) is 24.9 Å². The molecule has 0 aliphatic rings. The molecule has 1 heterocycles. The molecule has 0 aromatic carbocycles. The fourth-order valence-electron chi connectivity index (χ4n) is 1.18. The zero-order valence-electron chi connectivity index (χ0n) is 9.11. The molecule has 0 spiro atoms. The number of aromatic nitrogens is 1. The molecule has 16 heavy (non-hydrogen) atoms. The average molecular weight is 253 g/mol. The number of pyridine rings is 1. The van der Waals surface area contributed by atoms with Gasteiger partial charge < -0.3 is 5.32 Å². The maximum Gasteiger partial charge on any atom is 0.417 e. The van der Waals surface area contributed by atoms with Crippen molar-refractivity contribution in [2.75, 3.05) is 7.05 Å². The molecule has 0 fully saturated rings. The second-order valence-corrected chi connectivity index (χ2v) is 4.29. The Morgan fingerprint density at radius 1 is 1.31 bits per heavy atom. The van der Waals surface area contributed by atoms with Crippen LogP contribution >= 0.6 is 11.6 Å². The van der Waals surface area contributed by atoms with Crippen LogP contribution in [-0.2, 0) is 11.7 Å². The van der Waals surface area contributed by atoms with Gasteiger partial charge in [0.05, 0.1) is 5.56 Å². The highest BCUT2D eigenvalue weighted by atomic mass is 35.5. The van der Waals surface area contributed by atoms with Crippen molar-refractivity contribution in [2.24, 2.45) is 0 Å². The van der Waals surface area contributed by atoms with Gasteiger partial charge in [0.15, 0.2) is 0 Å². The van der Waals surface area contributed by atoms with E-state index in [1.807, 2.05) is 0 Å². The Morgan fingerprint density at radius 2 is 1.88 bits per heavy atom. The molecule has 1 rings (SSSR count). The van der Waals surface area contributed by atoms with Crippen LogP contribution in [-0.4, -0.2) is 12.0 Å². The van der Waals surface area contributed by atoms with E-state index >= 15 is 0 Å². The summed E-state index contributed by atoms with van der Waals surface area (Å²) in [4.78, 5) is 3.57. The van der Waals surface area contributed by atoms with Gasteiger partial charge in [-0.3, -0.25) is 0 Å². The summed E-state index contributed by atoms with van der Waals surface area (Å²) in [5, 5.41) is 2.96. The standard InChI is InChI=1S/C10H12ClF3N2/c1-9(2,15-3)7-4-6(10(12,13)14)5-16-8(7)11/h4-5,15H,1-3H3. The van der Waals surface area contributed by atoms with E-state index in [4.69, 9.17) is 11.6 Å². The lowest BCUT2D eigenvalue weighted by Gasteiger charge is -2.26. The minimum Gasteiger partial charge on any atom is -0.311 e. The number of hydrogen-bond acceptors (Lipinski definition) is 2. The van der Waals surface area contributed by atoms with Gasteiger partial charge in [0, 0.05) is 17.3 Å². The molecule has 90 valence electrons. The maximum absolute atomic E-state index is 12.5. The second kappa shape index (κ2) is 4.22. The molecule has 0 bridgehead atoms. The molecule has 2 nitrogen and oxygen atoms in total. The molecule has 0 saturated carbocycles. The fourth-order valence-corrected chi connectivity index (χ4v) is 1.52. The highest BCUT2D eigenvalue weighted by Crippen LogP contribution is 2.33. The molecule has 0 aliphatic carbocycles. The minimum atomic E-state index is -4.41. The van der Waals surface area contributed by atoms with Gasteiger partial charge >= 0.3 is 6.18 Å². The Hall–Kier alpha value is -0.810. The van der Waals surface area contributed by atoms with Crippen molar-refractivity contribution in [1.29, 1.82) is 0 Å². The third-order valence-electron chi connectivity index (χ3n) is 2.46. The maximum atomic E-state index is 12.5. The van der Waals surface area contributed by atoms with Crippen LogP contribution in [0.15, 0.2) is 12.3 Å². The van der Waals surface area contributed by atoms with Crippen molar-refractivity contribution in [3.05, 3.63) is 28.5 Å². The van der Waals surface area contributed by atoms with Crippen molar-refractivity contribution in [3.63, 3.8) is 0 Å². The smallest absolute Gasteiger partial charge is 0.311 e. The lowest BCUT2D eigenvalue weighted by atomic mass is 9.95. The monoisotopic (exact) mass is 252 g/mol. The van der Waals surface area contributed by atoms with Crippen LogP contribution in [0.25, 0.3) is 0 Å². The van der Waals surface area contributed by atoms with E-state index in [0.717, 1.165) is 12.3 Å². The molecule has 0 aliphatic heterocycles. The van der Waals surface area contributed by atoms with Crippen LogP contribution in [0.4, 0.5) is 13.2 Å². The first-order valence-corrected chi connectivity index (χ1v) is 4.98. The lowest BCUT2D eigenvalue weighted by molar-refractivity contribution is -0.137. The number of rotatable bonds is 2. The summed E-state index contributed by atoms with van der Waals surface area (Å²) >= 11 is 5.79. The van der Waals surface area contributed by atoms with E-state index in [1.165, 1.54) is 0 Å². The summed E-state index contributed by atoms with van der Waals surface area (Å²) in [6.45, 7) is 3.46. The van der Waals surface area contributed by atoms with Crippen molar-refractivity contribution < 1.29 is 13.2 Å². The first-order valence-electron chi connectivity index (χ1n) is 4.60. The van der Waals surface area contributed by atoms with Gasteiger partial charge in [0.2, 0.25) is 0 Å². The Bertz CT molecular complexity index is 388. The van der Waals surface area contributed by atoms with E-state index in [-0.39, 0.29) is 5.15 Å². The third kappa shape index (κ3) is 2.65. The van der Waals surface area contributed by atoms with Crippen molar-refractivity contribution in [1.82, 2.24) is 10.3 Å². The Balaban J connectivity index is 3.30. The molecule has 1 aromatic rings. The molecule has 1 aromatic heterocycles. The fraction of sp³-hybridized carbons (Fsp3) is 0.500. The number of alkyl halides is 3. The zero-order chi connectivity index (χ0) is 12.6. The van der Waals surface area contributed by atoms with Gasteiger partial charge in [0.1, 0.15) is 5.15 Å². The van der Waals surface area contributed by atoms with Crippen LogP contribution in [0.3, 0.4) is 0 Å². The molecule has 1 N–H and O–H groups in total. The Kier molecular flexibility index (Phi) is 3.50. The summed E-state index contributed by atoms with van der Waals surface area (Å²) in [7, 11) is 1.65. The zero-order valence-corrected chi connectivity index (χ0v) is 9.87. The van der Waals surface area contributed by atoms with E-state index < -0.39 is 17.3 Å². The van der Waals surface area contributed by atoms with Crippen molar-refractivity contribution in [3.8, 4) is 0 Å². The van der Waals surface area contributed by atoms with Crippen LogP contribution in [0.2, 0.25) is 5.15 Å². The van der Waals surface area contributed by atoms with E-state index in [9.17, 15) is 13.2 Å². The highest BCUT2D eigenvalue weighted by molar-refractivity contribution is 6.30. The van der Waals surface area contributed by atoms with Crippen LogP contribution in [0.5, 0.6) is 0 Å². The largest absolute Gasteiger partial charge is 0.417 e. The Morgan fingerprint density at radius 3 is 2.31 bits per heavy atom. The van der Waals surface area contributed by atoms with Crippen LogP contribution in [0, 0.1) is 0 Å². The molecule has 0 saturated heterocycles. The lowest BCUT2D eigenvalue weighted by Crippen LogP contribution is -2.34. The van der Waals surface area contributed by atoms with Gasteiger partial charge in [0.25, 0.3) is 0 Å². The second-order valence-electron chi connectivity index (χ2n) is 3.94. The van der Waals surface area contributed by atoms with E-state index in [1.54, 1.807) is 20.9 Å². The molecule has 0 amide bonds. The highest BCUT2D eigenvalue weighted by Gasteiger charge is 2.33. The third-order valence-corrected chi connectivity index (χ3v) is 2.77. The normalized spacial score (nSPS) is 12.9. The van der Waals surface area contributed by atoms with Gasteiger partial charge in [-0.25, -0.2) is 4.98 Å². The number of nitrogens with one attached hydrogen (secondary N) is 1. The summed E-state index contributed by atoms with van der Waals surface area (Å²) in [6.07, 6.45) is -3.67. The first-order chi connectivity index (χ1) is 7.18. The summed E-state index contributed by atoms with van der Waals surface area (Å²) < 4.78 is 37.5. The van der Waals surface area contributed by atoms with Crippen molar-refractivity contribution >= 4 is 11.6 Å². The van der Waals surface area contributed by atoms with Gasteiger partial charge in [-0.15, -0.1) is 0 Å². The first kappa shape index (κ1) is 13.3. The molecule has 0 radical (unpaired) electrons. The molecule has 6 heteroatoms. The summed E-state index contributed by atoms with van der Waals surface area (Å²) in [6, 6.07) is 1.02. The summed E-state index contributed by atoms with van der Waals surface area (Å²) in [5.74, 6) is 0. The van der Waals surface area contributed by atoms with Crippen LogP contribution in [0.1, 0.15) is 25.0 Å². The van der Waals surface area contributed by atoms with Gasteiger partial charge in [-0.05, 0) is 27.0 Å². The number of nitrogens with zero attached hydrogens (tertiary/aromatic N) is 1. The van der Waals surface area contributed by atoms with Gasteiger partial charge in [-0.2, -0.15) is 13.2 Å². The number of hydrogen-bond donors (Lipinski definition) is 1. The van der Waals surface area contributed by atoms with Crippen molar-refractivity contribution in [2.45, 2.75) is 25.6 Å². The van der Waals surface area contributed by atoms with E-state index in [2.05, 4.69) is 10.3 Å². The Labute approximate surface area is 96.8 Å².